The maximum Gasteiger partial charge on any atom is 0.258 e. The van der Waals surface area contributed by atoms with E-state index in [0.717, 1.165) is 0 Å². The summed E-state index contributed by atoms with van der Waals surface area (Å²) in [5.41, 5.74) is 0.224. The fourth-order valence-electron chi connectivity index (χ4n) is 1.48. The number of carbonyl (C=O) groups is 1. The second kappa shape index (κ2) is 7.62. The number of hydrogen-bond acceptors (Lipinski definition) is 4. The van der Waals surface area contributed by atoms with Crippen molar-refractivity contribution in [1.29, 1.82) is 5.26 Å². The largest absolute Gasteiger partial charge is 0.482 e. The Labute approximate surface area is 117 Å². The number of halogens is 1. The minimum absolute atomic E-state index is 0.101. The molecule has 0 fully saturated rings. The molecule has 0 aliphatic carbocycles. The molecular formula is C13H15ClN2O3. The summed E-state index contributed by atoms with van der Waals surface area (Å²) in [6.45, 7) is 2.07. The Hall–Kier alpha value is -1.77. The van der Waals surface area contributed by atoms with Crippen LogP contribution in [-0.4, -0.2) is 32.3 Å². The molecule has 0 radical (unpaired) electrons. The van der Waals surface area contributed by atoms with Gasteiger partial charge in [-0.2, -0.15) is 5.26 Å². The molecule has 1 unspecified atom stereocenters. The highest BCUT2D eigenvalue weighted by Gasteiger charge is 2.11. The van der Waals surface area contributed by atoms with Gasteiger partial charge in [0.25, 0.3) is 5.91 Å². The maximum absolute atomic E-state index is 11.6. The zero-order valence-electron chi connectivity index (χ0n) is 10.8. The molecule has 1 rings (SSSR count). The zero-order chi connectivity index (χ0) is 14.3. The summed E-state index contributed by atoms with van der Waals surface area (Å²) >= 11 is 5.85. The summed E-state index contributed by atoms with van der Waals surface area (Å²) < 4.78 is 10.2. The Morgan fingerprint density at radius 3 is 2.95 bits per heavy atom. The first kappa shape index (κ1) is 15.3. The average molecular weight is 283 g/mol. The molecular weight excluding hydrogens is 268 g/mol. The second-order valence-corrected chi connectivity index (χ2v) is 4.34. The number of nitrogens with one attached hydrogen (secondary N) is 1. The highest BCUT2D eigenvalue weighted by Crippen LogP contribution is 2.25. The molecule has 5 nitrogen and oxygen atoms in total. The van der Waals surface area contributed by atoms with Crippen molar-refractivity contribution in [2.45, 2.75) is 13.0 Å². The molecule has 1 atom stereocenters. The molecule has 0 spiro atoms. The van der Waals surface area contributed by atoms with Crippen LogP contribution in [-0.2, 0) is 9.53 Å². The monoisotopic (exact) mass is 282 g/mol. The van der Waals surface area contributed by atoms with Crippen molar-refractivity contribution in [2.75, 3.05) is 20.3 Å². The highest BCUT2D eigenvalue weighted by molar-refractivity contribution is 6.31. The molecule has 0 bridgehead atoms. The standard InChI is InChI=1S/C13H15ClN2O3/c1-9(7-18-2)16-13(17)8-19-12-5-3-4-11(14)10(12)6-15/h3-5,9H,7-8H2,1-2H3,(H,16,17). The minimum Gasteiger partial charge on any atom is -0.482 e. The lowest BCUT2D eigenvalue weighted by molar-refractivity contribution is -0.124. The molecule has 0 saturated carbocycles. The number of amides is 1. The second-order valence-electron chi connectivity index (χ2n) is 3.94. The van der Waals surface area contributed by atoms with E-state index in [0.29, 0.717) is 17.4 Å². The van der Waals surface area contributed by atoms with Gasteiger partial charge in [0.1, 0.15) is 17.4 Å². The van der Waals surface area contributed by atoms with Crippen LogP contribution in [0.25, 0.3) is 0 Å². The van der Waals surface area contributed by atoms with E-state index < -0.39 is 0 Å². The first-order valence-electron chi connectivity index (χ1n) is 5.68. The maximum atomic E-state index is 11.6. The van der Waals surface area contributed by atoms with Gasteiger partial charge in [0.15, 0.2) is 6.61 Å². The summed E-state index contributed by atoms with van der Waals surface area (Å²) in [5, 5.41) is 11.9. The number of nitriles is 1. The summed E-state index contributed by atoms with van der Waals surface area (Å²) in [6.07, 6.45) is 0. The Bertz CT molecular complexity index is 485. The fourth-order valence-corrected chi connectivity index (χ4v) is 1.69. The van der Waals surface area contributed by atoms with E-state index in [2.05, 4.69) is 5.32 Å². The third kappa shape index (κ3) is 4.78. The van der Waals surface area contributed by atoms with Crippen molar-refractivity contribution in [2.24, 2.45) is 0 Å². The summed E-state index contributed by atoms with van der Waals surface area (Å²) in [6, 6.07) is 6.68. The Balaban J connectivity index is 2.56. The van der Waals surface area contributed by atoms with E-state index in [-0.39, 0.29) is 24.1 Å². The third-order valence-electron chi connectivity index (χ3n) is 2.27. The van der Waals surface area contributed by atoms with Gasteiger partial charge in [-0.05, 0) is 19.1 Å². The van der Waals surface area contributed by atoms with Crippen LogP contribution in [0.3, 0.4) is 0 Å². The van der Waals surface area contributed by atoms with E-state index in [1.807, 2.05) is 13.0 Å². The smallest absolute Gasteiger partial charge is 0.258 e. The summed E-state index contributed by atoms with van der Waals surface area (Å²) in [5.74, 6) is 0.0120. The molecule has 0 aliphatic rings. The molecule has 6 heteroatoms. The normalized spacial score (nSPS) is 11.5. The van der Waals surface area contributed by atoms with Gasteiger partial charge >= 0.3 is 0 Å². The van der Waals surface area contributed by atoms with Crippen molar-refractivity contribution in [3.05, 3.63) is 28.8 Å². The lowest BCUT2D eigenvalue weighted by atomic mass is 10.2. The van der Waals surface area contributed by atoms with Crippen molar-refractivity contribution < 1.29 is 14.3 Å². The molecule has 102 valence electrons. The number of ether oxygens (including phenoxy) is 2. The molecule has 1 aromatic rings. The van der Waals surface area contributed by atoms with Gasteiger partial charge in [0.05, 0.1) is 11.6 Å². The Morgan fingerprint density at radius 2 is 2.32 bits per heavy atom. The fraction of sp³-hybridized carbons (Fsp3) is 0.385. The van der Waals surface area contributed by atoms with Crippen LogP contribution in [0.5, 0.6) is 5.75 Å². The SMILES string of the molecule is COCC(C)NC(=O)COc1cccc(Cl)c1C#N. The Kier molecular flexibility index (Phi) is 6.13. The van der Waals surface area contributed by atoms with Gasteiger partial charge in [-0.3, -0.25) is 4.79 Å². The summed E-state index contributed by atoms with van der Waals surface area (Å²) in [7, 11) is 1.56. The van der Waals surface area contributed by atoms with Gasteiger partial charge in [-0.1, -0.05) is 17.7 Å². The number of hydrogen-bond donors (Lipinski definition) is 1. The van der Waals surface area contributed by atoms with Crippen LogP contribution in [0, 0.1) is 11.3 Å². The van der Waals surface area contributed by atoms with Crippen molar-refractivity contribution in [3.63, 3.8) is 0 Å². The Morgan fingerprint density at radius 1 is 1.58 bits per heavy atom. The van der Waals surface area contributed by atoms with Crippen LogP contribution < -0.4 is 10.1 Å². The third-order valence-corrected chi connectivity index (χ3v) is 2.58. The van der Waals surface area contributed by atoms with Crippen molar-refractivity contribution in [3.8, 4) is 11.8 Å². The number of rotatable bonds is 6. The van der Waals surface area contributed by atoms with Gasteiger partial charge in [-0.15, -0.1) is 0 Å². The molecule has 1 N–H and O–H groups in total. The van der Waals surface area contributed by atoms with Gasteiger partial charge < -0.3 is 14.8 Å². The molecule has 0 heterocycles. The lowest BCUT2D eigenvalue weighted by Gasteiger charge is -2.13. The average Bonchev–Trinajstić information content (AvgIpc) is 2.36. The molecule has 0 aromatic heterocycles. The van der Waals surface area contributed by atoms with E-state index in [9.17, 15) is 4.79 Å². The quantitative estimate of drug-likeness (QED) is 0.863. The predicted octanol–water partition coefficient (Wildman–Crippen LogP) is 1.74. The van der Waals surface area contributed by atoms with Crippen LogP contribution >= 0.6 is 11.6 Å². The summed E-state index contributed by atoms with van der Waals surface area (Å²) in [4.78, 5) is 11.6. The van der Waals surface area contributed by atoms with Crippen LogP contribution in [0.15, 0.2) is 18.2 Å². The highest BCUT2D eigenvalue weighted by atomic mass is 35.5. The first-order chi connectivity index (χ1) is 9.08. The van der Waals surface area contributed by atoms with Gasteiger partial charge in [-0.25, -0.2) is 0 Å². The number of benzene rings is 1. The molecule has 1 amide bonds. The van der Waals surface area contributed by atoms with Gasteiger partial charge in [0, 0.05) is 13.2 Å². The van der Waals surface area contributed by atoms with Crippen LogP contribution in [0.4, 0.5) is 0 Å². The lowest BCUT2D eigenvalue weighted by Crippen LogP contribution is -2.38. The molecule has 19 heavy (non-hydrogen) atoms. The van der Waals surface area contributed by atoms with E-state index in [1.54, 1.807) is 25.3 Å². The first-order valence-corrected chi connectivity index (χ1v) is 6.06. The van der Waals surface area contributed by atoms with Crippen LogP contribution in [0.1, 0.15) is 12.5 Å². The topological polar surface area (TPSA) is 71.3 Å². The van der Waals surface area contributed by atoms with Crippen molar-refractivity contribution >= 4 is 17.5 Å². The molecule has 0 aliphatic heterocycles. The predicted molar refractivity (Wildman–Crippen MR) is 71.1 cm³/mol. The number of carbonyl (C=O) groups excluding carboxylic acids is 1. The zero-order valence-corrected chi connectivity index (χ0v) is 11.5. The number of nitrogens with zero attached hydrogens (tertiary/aromatic N) is 1. The molecule has 0 saturated heterocycles. The number of methoxy groups -OCH3 is 1. The molecule has 1 aromatic carbocycles. The van der Waals surface area contributed by atoms with Crippen molar-refractivity contribution in [1.82, 2.24) is 5.32 Å². The van der Waals surface area contributed by atoms with E-state index in [1.165, 1.54) is 0 Å². The van der Waals surface area contributed by atoms with E-state index >= 15 is 0 Å². The van der Waals surface area contributed by atoms with Crippen LogP contribution in [0.2, 0.25) is 5.02 Å². The van der Waals surface area contributed by atoms with Gasteiger partial charge in [0.2, 0.25) is 0 Å². The van der Waals surface area contributed by atoms with E-state index in [4.69, 9.17) is 26.3 Å². The minimum atomic E-state index is -0.284.